The van der Waals surface area contributed by atoms with Gasteiger partial charge >= 0.3 is 5.97 Å². The average Bonchev–Trinajstić information content (AvgIpc) is 2.61. The van der Waals surface area contributed by atoms with Gasteiger partial charge in [-0.2, -0.15) is 0 Å². The lowest BCUT2D eigenvalue weighted by atomic mass is 9.85. The first-order valence-corrected chi connectivity index (χ1v) is 6.39. The average molecular weight is 262 g/mol. The minimum absolute atomic E-state index is 0.325. The number of esters is 1. The first kappa shape index (κ1) is 11.5. The molecule has 1 saturated carbocycles. The zero-order valence-corrected chi connectivity index (χ0v) is 10.5. The quantitative estimate of drug-likeness (QED) is 0.604. The monoisotopic (exact) mass is 261 g/mol. The Kier molecular flexibility index (Phi) is 2.92. The number of rotatable bonds is 2. The summed E-state index contributed by atoms with van der Waals surface area (Å²) < 4.78 is 5.19. The summed E-state index contributed by atoms with van der Waals surface area (Å²) in [6.07, 6.45) is 4.98. The van der Waals surface area contributed by atoms with Gasteiger partial charge < -0.3 is 4.74 Å². The van der Waals surface area contributed by atoms with E-state index < -0.39 is 0 Å². The van der Waals surface area contributed by atoms with Gasteiger partial charge in [0.25, 0.3) is 0 Å². The zero-order valence-electron chi connectivity index (χ0n) is 9.73. The van der Waals surface area contributed by atoms with E-state index in [1.165, 1.54) is 6.42 Å². The van der Waals surface area contributed by atoms with Crippen molar-refractivity contribution in [3.8, 4) is 0 Å². The molecule has 3 nitrogen and oxygen atoms in total. The third-order valence-electron chi connectivity index (χ3n) is 3.29. The third kappa shape index (κ3) is 2.06. The molecular formula is C14H12ClNO2. The van der Waals surface area contributed by atoms with Crippen LogP contribution in [0.4, 0.5) is 0 Å². The Balaban J connectivity index is 1.89. The summed E-state index contributed by atoms with van der Waals surface area (Å²) in [5.41, 5.74) is 1.12. The molecule has 2 aliphatic rings. The second kappa shape index (κ2) is 4.58. The number of ether oxygens (including phenoxy) is 1. The summed E-state index contributed by atoms with van der Waals surface area (Å²) in [6, 6.07) is 7.35. The lowest BCUT2D eigenvalue weighted by Crippen LogP contribution is -2.22. The molecule has 0 saturated heterocycles. The van der Waals surface area contributed by atoms with Crippen molar-refractivity contribution in [3.05, 3.63) is 40.5 Å². The van der Waals surface area contributed by atoms with Crippen LogP contribution in [0, 0.1) is 5.92 Å². The fourth-order valence-electron chi connectivity index (χ4n) is 1.99. The first-order chi connectivity index (χ1) is 8.74. The molecule has 1 aliphatic carbocycles. The Labute approximate surface area is 110 Å². The molecule has 1 fully saturated rings. The van der Waals surface area contributed by atoms with Gasteiger partial charge in [-0.25, -0.2) is 9.79 Å². The predicted octanol–water partition coefficient (Wildman–Crippen LogP) is 3.44. The number of hydrogen-bond acceptors (Lipinski definition) is 3. The molecule has 4 heteroatoms. The van der Waals surface area contributed by atoms with Crippen LogP contribution < -0.4 is 0 Å². The van der Waals surface area contributed by atoms with Crippen molar-refractivity contribution < 1.29 is 9.53 Å². The molecule has 0 radical (unpaired) electrons. The molecule has 1 aliphatic heterocycles. The van der Waals surface area contributed by atoms with Gasteiger partial charge in [0.2, 0.25) is 5.90 Å². The molecule has 0 unspecified atom stereocenters. The topological polar surface area (TPSA) is 38.7 Å². The van der Waals surface area contributed by atoms with E-state index in [0.717, 1.165) is 18.4 Å². The Morgan fingerprint density at radius 2 is 2.11 bits per heavy atom. The van der Waals surface area contributed by atoms with Crippen molar-refractivity contribution in [2.24, 2.45) is 10.9 Å². The fraction of sp³-hybridized carbons (Fsp3) is 0.286. The van der Waals surface area contributed by atoms with E-state index in [4.69, 9.17) is 16.3 Å². The standard InChI is InChI=1S/C14H12ClNO2/c15-11-7-2-1-4-10(11)8-12-14(17)18-13(16-12)9-5-3-6-9/h1-2,4,7-9H,3,5-6H2/b12-8-. The lowest BCUT2D eigenvalue weighted by Gasteiger charge is -2.23. The van der Waals surface area contributed by atoms with Crippen molar-refractivity contribution in [2.75, 3.05) is 0 Å². The van der Waals surface area contributed by atoms with Gasteiger partial charge in [0.15, 0.2) is 5.70 Å². The van der Waals surface area contributed by atoms with Crippen LogP contribution in [0.25, 0.3) is 6.08 Å². The minimum atomic E-state index is -0.378. The van der Waals surface area contributed by atoms with Crippen molar-refractivity contribution in [1.29, 1.82) is 0 Å². The summed E-state index contributed by atoms with van der Waals surface area (Å²) in [6.45, 7) is 0. The number of nitrogens with zero attached hydrogens (tertiary/aromatic N) is 1. The normalized spacial score (nSPS) is 21.7. The van der Waals surface area contributed by atoms with E-state index in [1.807, 2.05) is 18.2 Å². The van der Waals surface area contributed by atoms with Crippen molar-refractivity contribution in [1.82, 2.24) is 0 Å². The minimum Gasteiger partial charge on any atom is -0.406 e. The molecule has 0 atom stereocenters. The summed E-state index contributed by atoms with van der Waals surface area (Å²) in [7, 11) is 0. The molecular weight excluding hydrogens is 250 g/mol. The molecule has 0 spiro atoms. The number of benzene rings is 1. The number of halogens is 1. The van der Waals surface area contributed by atoms with Crippen molar-refractivity contribution >= 4 is 29.5 Å². The smallest absolute Gasteiger partial charge is 0.363 e. The SMILES string of the molecule is O=C1OC(C2CCC2)=N/C1=C\c1ccccc1Cl. The molecule has 0 aromatic heterocycles. The van der Waals surface area contributed by atoms with Crippen LogP contribution in [0.3, 0.4) is 0 Å². The van der Waals surface area contributed by atoms with Crippen LogP contribution in [0.5, 0.6) is 0 Å². The van der Waals surface area contributed by atoms with Crippen LogP contribution in [0.15, 0.2) is 35.0 Å². The highest BCUT2D eigenvalue weighted by molar-refractivity contribution is 6.32. The van der Waals surface area contributed by atoms with E-state index in [1.54, 1.807) is 12.1 Å². The molecule has 92 valence electrons. The van der Waals surface area contributed by atoms with Gasteiger partial charge in [-0.05, 0) is 30.5 Å². The summed E-state index contributed by atoms with van der Waals surface area (Å²) in [4.78, 5) is 16.0. The highest BCUT2D eigenvalue weighted by atomic mass is 35.5. The van der Waals surface area contributed by atoms with Gasteiger partial charge in [-0.1, -0.05) is 36.2 Å². The number of hydrogen-bond donors (Lipinski definition) is 0. The van der Waals surface area contributed by atoms with E-state index in [2.05, 4.69) is 4.99 Å². The lowest BCUT2D eigenvalue weighted by molar-refractivity contribution is -0.130. The second-order valence-electron chi connectivity index (χ2n) is 4.52. The first-order valence-electron chi connectivity index (χ1n) is 6.01. The summed E-state index contributed by atoms with van der Waals surface area (Å²) >= 11 is 6.04. The molecule has 18 heavy (non-hydrogen) atoms. The third-order valence-corrected chi connectivity index (χ3v) is 3.63. The van der Waals surface area contributed by atoms with Crippen LogP contribution in [0.2, 0.25) is 5.02 Å². The molecule has 3 rings (SSSR count). The Bertz CT molecular complexity index is 559. The Morgan fingerprint density at radius 1 is 1.33 bits per heavy atom. The van der Waals surface area contributed by atoms with Crippen molar-refractivity contribution in [2.45, 2.75) is 19.3 Å². The van der Waals surface area contributed by atoms with E-state index in [-0.39, 0.29) is 5.97 Å². The van der Waals surface area contributed by atoms with Gasteiger partial charge in [-0.3, -0.25) is 0 Å². The summed E-state index contributed by atoms with van der Waals surface area (Å²) in [5.74, 6) is 0.521. The largest absolute Gasteiger partial charge is 0.406 e. The Morgan fingerprint density at radius 3 is 2.78 bits per heavy atom. The number of carbonyl (C=O) groups excluding carboxylic acids is 1. The zero-order chi connectivity index (χ0) is 12.5. The number of carbonyl (C=O) groups is 1. The molecule has 0 N–H and O–H groups in total. The number of aliphatic imine (C=N–C) groups is 1. The van der Waals surface area contributed by atoms with Crippen LogP contribution in [-0.4, -0.2) is 11.9 Å². The van der Waals surface area contributed by atoms with Gasteiger partial charge in [0, 0.05) is 10.9 Å². The molecule has 0 amide bonds. The van der Waals surface area contributed by atoms with Gasteiger partial charge in [0.1, 0.15) is 0 Å². The van der Waals surface area contributed by atoms with E-state index >= 15 is 0 Å². The molecule has 1 aromatic rings. The maximum absolute atomic E-state index is 11.7. The summed E-state index contributed by atoms with van der Waals surface area (Å²) in [5, 5.41) is 0.602. The highest BCUT2D eigenvalue weighted by Gasteiger charge is 2.32. The van der Waals surface area contributed by atoms with Crippen LogP contribution in [0.1, 0.15) is 24.8 Å². The molecule has 0 bridgehead atoms. The van der Waals surface area contributed by atoms with Gasteiger partial charge in [-0.15, -0.1) is 0 Å². The second-order valence-corrected chi connectivity index (χ2v) is 4.93. The maximum atomic E-state index is 11.7. The fourth-order valence-corrected chi connectivity index (χ4v) is 2.19. The van der Waals surface area contributed by atoms with E-state index in [0.29, 0.717) is 22.5 Å². The number of cyclic esters (lactones) is 1. The van der Waals surface area contributed by atoms with Crippen LogP contribution >= 0.6 is 11.6 Å². The van der Waals surface area contributed by atoms with Crippen LogP contribution in [-0.2, 0) is 9.53 Å². The van der Waals surface area contributed by atoms with E-state index in [9.17, 15) is 4.79 Å². The van der Waals surface area contributed by atoms with Crippen molar-refractivity contribution in [3.63, 3.8) is 0 Å². The molecule has 1 aromatic carbocycles. The predicted molar refractivity (Wildman–Crippen MR) is 70.3 cm³/mol. The maximum Gasteiger partial charge on any atom is 0.363 e. The molecule has 1 heterocycles. The van der Waals surface area contributed by atoms with Gasteiger partial charge in [0.05, 0.1) is 0 Å². The Hall–Kier alpha value is -1.61. The highest BCUT2D eigenvalue weighted by Crippen LogP contribution is 2.32.